The first-order valence-electron chi connectivity index (χ1n) is 7.04. The zero-order valence-corrected chi connectivity index (χ0v) is 15.0. The van der Waals surface area contributed by atoms with Gasteiger partial charge in [-0.15, -0.1) is 11.6 Å². The van der Waals surface area contributed by atoms with Gasteiger partial charge in [0.15, 0.2) is 0 Å². The predicted molar refractivity (Wildman–Crippen MR) is 88.0 cm³/mol. The number of hydrogen-bond acceptors (Lipinski definition) is 0. The Morgan fingerprint density at radius 1 is 0.882 bits per heavy atom. The average molecular weight is 391 g/mol. The van der Waals surface area contributed by atoms with E-state index in [2.05, 4.69) is 38.8 Å². The molecule has 0 saturated heterocycles. The van der Waals surface area contributed by atoms with Crippen LogP contribution in [0, 0.1) is 0 Å². The molecule has 0 spiro atoms. The SMILES string of the molecule is CCCCCCCC(Cl)CCC(Br)CCCBr. The quantitative estimate of drug-likeness (QED) is 0.258. The maximum Gasteiger partial charge on any atom is 0.0336 e. The summed E-state index contributed by atoms with van der Waals surface area (Å²) in [6.45, 7) is 2.26. The number of halogens is 3. The normalized spacial score (nSPS) is 14.8. The van der Waals surface area contributed by atoms with E-state index in [1.54, 1.807) is 0 Å². The number of rotatable bonds is 12. The molecule has 2 atom stereocenters. The van der Waals surface area contributed by atoms with Crippen LogP contribution in [0.1, 0.15) is 71.1 Å². The molecule has 0 saturated carbocycles. The second-order valence-corrected chi connectivity index (χ2v) is 7.51. The van der Waals surface area contributed by atoms with Crippen LogP contribution >= 0.6 is 43.5 Å². The van der Waals surface area contributed by atoms with E-state index in [1.807, 2.05) is 0 Å². The molecule has 0 bridgehead atoms. The largest absolute Gasteiger partial charge is 0.123 e. The van der Waals surface area contributed by atoms with Crippen molar-refractivity contribution in [3.8, 4) is 0 Å². The third-order valence-electron chi connectivity index (χ3n) is 3.07. The third-order valence-corrected chi connectivity index (χ3v) is 4.98. The summed E-state index contributed by atoms with van der Waals surface area (Å²) >= 11 is 13.5. The molecule has 0 aliphatic carbocycles. The molecule has 0 rings (SSSR count). The molecule has 0 nitrogen and oxygen atoms in total. The van der Waals surface area contributed by atoms with Crippen molar-refractivity contribution in [1.29, 1.82) is 0 Å². The zero-order chi connectivity index (χ0) is 12.9. The topological polar surface area (TPSA) is 0 Å². The monoisotopic (exact) mass is 388 g/mol. The molecule has 2 unspecified atom stereocenters. The van der Waals surface area contributed by atoms with Gasteiger partial charge in [0.25, 0.3) is 0 Å². The fourth-order valence-corrected chi connectivity index (χ4v) is 3.11. The first-order chi connectivity index (χ1) is 8.20. The highest BCUT2D eigenvalue weighted by molar-refractivity contribution is 9.09. The van der Waals surface area contributed by atoms with Crippen molar-refractivity contribution in [1.82, 2.24) is 0 Å². The van der Waals surface area contributed by atoms with Crippen molar-refractivity contribution in [3.63, 3.8) is 0 Å². The van der Waals surface area contributed by atoms with E-state index < -0.39 is 0 Å². The molecule has 0 amide bonds. The highest BCUT2D eigenvalue weighted by Gasteiger charge is 2.09. The number of unbranched alkanes of at least 4 members (excludes halogenated alkanes) is 4. The Morgan fingerprint density at radius 3 is 2.24 bits per heavy atom. The van der Waals surface area contributed by atoms with Crippen LogP contribution in [0.2, 0.25) is 0 Å². The molecule has 0 aliphatic rings. The van der Waals surface area contributed by atoms with Gasteiger partial charge in [0, 0.05) is 15.5 Å². The Bertz CT molecular complexity index is 153. The summed E-state index contributed by atoms with van der Waals surface area (Å²) < 4.78 is 0. The van der Waals surface area contributed by atoms with Gasteiger partial charge >= 0.3 is 0 Å². The lowest BCUT2D eigenvalue weighted by Gasteiger charge is -2.12. The van der Waals surface area contributed by atoms with Crippen LogP contribution in [-0.2, 0) is 0 Å². The lowest BCUT2D eigenvalue weighted by molar-refractivity contribution is 0.560. The minimum Gasteiger partial charge on any atom is -0.123 e. The van der Waals surface area contributed by atoms with Crippen molar-refractivity contribution in [2.24, 2.45) is 0 Å². The van der Waals surface area contributed by atoms with Crippen LogP contribution in [0.4, 0.5) is 0 Å². The summed E-state index contributed by atoms with van der Waals surface area (Å²) in [6.07, 6.45) is 12.8. The Hall–Kier alpha value is 1.25. The Morgan fingerprint density at radius 2 is 1.59 bits per heavy atom. The Balaban J connectivity index is 3.30. The highest BCUT2D eigenvalue weighted by atomic mass is 79.9. The second-order valence-electron chi connectivity index (χ2n) is 4.81. The molecule has 0 heterocycles. The molecule has 104 valence electrons. The van der Waals surface area contributed by atoms with Crippen LogP contribution in [0.3, 0.4) is 0 Å². The molecule has 17 heavy (non-hydrogen) atoms. The lowest BCUT2D eigenvalue weighted by atomic mass is 10.0. The van der Waals surface area contributed by atoms with Gasteiger partial charge in [0.2, 0.25) is 0 Å². The van der Waals surface area contributed by atoms with Crippen LogP contribution in [-0.4, -0.2) is 15.5 Å². The van der Waals surface area contributed by atoms with Gasteiger partial charge < -0.3 is 0 Å². The predicted octanol–water partition coefficient (Wildman–Crippen LogP) is 6.67. The van der Waals surface area contributed by atoms with Crippen molar-refractivity contribution < 1.29 is 0 Å². The lowest BCUT2D eigenvalue weighted by Crippen LogP contribution is -2.05. The minimum absolute atomic E-state index is 0.389. The fraction of sp³-hybridized carbons (Fsp3) is 1.00. The Kier molecular flexibility index (Phi) is 14.7. The number of hydrogen-bond donors (Lipinski definition) is 0. The van der Waals surface area contributed by atoms with Gasteiger partial charge in [0.1, 0.15) is 0 Å². The molecule has 0 aliphatic heterocycles. The second kappa shape index (κ2) is 13.7. The molecule has 0 radical (unpaired) electrons. The van der Waals surface area contributed by atoms with Crippen molar-refractivity contribution >= 4 is 43.5 Å². The molecule has 0 aromatic carbocycles. The highest BCUT2D eigenvalue weighted by Crippen LogP contribution is 2.21. The van der Waals surface area contributed by atoms with Gasteiger partial charge in [0.05, 0.1) is 0 Å². The van der Waals surface area contributed by atoms with Gasteiger partial charge in [-0.1, -0.05) is 70.9 Å². The van der Waals surface area contributed by atoms with Gasteiger partial charge in [-0.25, -0.2) is 0 Å². The van der Waals surface area contributed by atoms with E-state index in [9.17, 15) is 0 Å². The van der Waals surface area contributed by atoms with Gasteiger partial charge in [-0.2, -0.15) is 0 Å². The van der Waals surface area contributed by atoms with E-state index in [0.717, 1.165) is 11.8 Å². The van der Waals surface area contributed by atoms with E-state index in [1.165, 1.54) is 57.8 Å². The molecule has 0 N–H and O–H groups in total. The van der Waals surface area contributed by atoms with Gasteiger partial charge in [-0.05, 0) is 32.1 Å². The summed E-state index contributed by atoms with van der Waals surface area (Å²) in [5.41, 5.74) is 0. The van der Waals surface area contributed by atoms with Crippen LogP contribution in [0.5, 0.6) is 0 Å². The summed E-state index contributed by atoms with van der Waals surface area (Å²) in [5, 5.41) is 1.50. The van der Waals surface area contributed by atoms with Crippen molar-refractivity contribution in [2.75, 3.05) is 5.33 Å². The molecule has 0 fully saturated rings. The molecular formula is C14H27Br2Cl. The van der Waals surface area contributed by atoms with Crippen molar-refractivity contribution in [3.05, 3.63) is 0 Å². The third kappa shape index (κ3) is 13.5. The minimum atomic E-state index is 0.389. The first kappa shape index (κ1) is 18.2. The molecule has 0 aromatic heterocycles. The summed E-state index contributed by atoms with van der Waals surface area (Å²) in [7, 11) is 0. The van der Waals surface area contributed by atoms with Crippen LogP contribution in [0.25, 0.3) is 0 Å². The van der Waals surface area contributed by atoms with Crippen molar-refractivity contribution in [2.45, 2.75) is 81.3 Å². The Labute approximate surface area is 130 Å². The maximum absolute atomic E-state index is 6.34. The van der Waals surface area contributed by atoms with Crippen LogP contribution < -0.4 is 0 Å². The smallest absolute Gasteiger partial charge is 0.0336 e. The fourth-order valence-electron chi connectivity index (χ4n) is 1.92. The molecular weight excluding hydrogens is 363 g/mol. The first-order valence-corrected chi connectivity index (χ1v) is 9.52. The van der Waals surface area contributed by atoms with E-state index in [0.29, 0.717) is 10.2 Å². The van der Waals surface area contributed by atoms with E-state index in [4.69, 9.17) is 11.6 Å². The van der Waals surface area contributed by atoms with E-state index >= 15 is 0 Å². The van der Waals surface area contributed by atoms with Crippen LogP contribution in [0.15, 0.2) is 0 Å². The molecule has 0 aromatic rings. The standard InChI is InChI=1S/C14H27Br2Cl/c1-2-3-4-5-6-9-14(17)11-10-13(16)8-7-12-15/h13-14H,2-12H2,1H3. The van der Waals surface area contributed by atoms with Gasteiger partial charge in [-0.3, -0.25) is 0 Å². The zero-order valence-electron chi connectivity index (χ0n) is 11.1. The van der Waals surface area contributed by atoms with E-state index in [-0.39, 0.29) is 0 Å². The maximum atomic E-state index is 6.34. The average Bonchev–Trinajstić information content (AvgIpc) is 2.33. The summed E-state index contributed by atoms with van der Waals surface area (Å²) in [5.74, 6) is 0. The number of alkyl halides is 3. The summed E-state index contributed by atoms with van der Waals surface area (Å²) in [4.78, 5) is 0.654. The summed E-state index contributed by atoms with van der Waals surface area (Å²) in [6, 6.07) is 0. The molecule has 3 heteroatoms.